The number of nitrogens with one attached hydrogen (secondary N) is 2. The molecule has 0 aliphatic heterocycles. The maximum Gasteiger partial charge on any atom is 0.114 e. The highest BCUT2D eigenvalue weighted by atomic mass is 35.5. The summed E-state index contributed by atoms with van der Waals surface area (Å²) in [4.78, 5) is 0.646. The van der Waals surface area contributed by atoms with Crippen molar-refractivity contribution in [2.24, 2.45) is 0 Å². The molecule has 0 saturated heterocycles. The number of anilines is 1. The van der Waals surface area contributed by atoms with Crippen molar-refractivity contribution in [1.29, 1.82) is 0 Å². The lowest BCUT2D eigenvalue weighted by molar-refractivity contribution is 1.00. The minimum Gasteiger partial charge on any atom is -0.369 e. The normalized spacial score (nSPS) is 11.4. The van der Waals surface area contributed by atoms with Crippen molar-refractivity contribution in [2.75, 3.05) is 11.9 Å². The Morgan fingerprint density at radius 1 is 1.16 bits per heavy atom. The van der Waals surface area contributed by atoms with E-state index in [4.69, 9.17) is 35.4 Å². The van der Waals surface area contributed by atoms with E-state index in [-0.39, 0.29) is 0 Å². The number of fused-ring (bicyclic) bond motifs is 1. The summed E-state index contributed by atoms with van der Waals surface area (Å²) in [6.07, 6.45) is 0. The van der Waals surface area contributed by atoms with Crippen LogP contribution in [0.5, 0.6) is 0 Å². The molecule has 2 nitrogen and oxygen atoms in total. The molecule has 0 radical (unpaired) electrons. The van der Waals surface area contributed by atoms with Crippen LogP contribution in [0.4, 0.5) is 5.69 Å². The Balaban J connectivity index is 2.11. The van der Waals surface area contributed by atoms with E-state index < -0.39 is 0 Å². The molecule has 2 N–H and O–H groups in total. The van der Waals surface area contributed by atoms with E-state index in [2.05, 4.69) is 28.8 Å². The van der Waals surface area contributed by atoms with E-state index in [0.29, 0.717) is 16.7 Å². The lowest BCUT2D eigenvalue weighted by Gasteiger charge is -2.11. The summed E-state index contributed by atoms with van der Waals surface area (Å²) in [5.74, 6) is 0. The maximum atomic E-state index is 5.74. The van der Waals surface area contributed by atoms with Crippen molar-refractivity contribution in [3.05, 3.63) is 53.2 Å². The number of benzene rings is 2. The molecule has 0 heterocycles. The minimum absolute atomic E-state index is 0.365. The predicted molar refractivity (Wildman–Crippen MR) is 88.0 cm³/mol. The van der Waals surface area contributed by atoms with Crippen molar-refractivity contribution in [2.45, 2.75) is 0 Å². The zero-order chi connectivity index (χ0) is 13.7. The molecule has 0 spiro atoms. The van der Waals surface area contributed by atoms with E-state index in [1.54, 1.807) is 0 Å². The van der Waals surface area contributed by atoms with Crippen molar-refractivity contribution in [3.63, 3.8) is 0 Å². The highest BCUT2D eigenvalue weighted by Crippen LogP contribution is 2.22. The molecular weight excluding hydrogens is 299 g/mol. The first-order valence-electron chi connectivity index (χ1n) is 5.68. The molecule has 5 heteroatoms. The van der Waals surface area contributed by atoms with E-state index in [1.165, 1.54) is 10.9 Å². The van der Waals surface area contributed by atoms with Gasteiger partial charge < -0.3 is 10.6 Å². The van der Waals surface area contributed by atoms with E-state index in [1.807, 2.05) is 24.3 Å². The Morgan fingerprint density at radius 2 is 1.89 bits per heavy atom. The third-order valence-corrected chi connectivity index (χ3v) is 3.40. The summed E-state index contributed by atoms with van der Waals surface area (Å²) in [5.41, 5.74) is 2.25. The molecule has 2 aromatic rings. The van der Waals surface area contributed by atoms with Crippen LogP contribution in [0.25, 0.3) is 10.8 Å². The van der Waals surface area contributed by atoms with Crippen molar-refractivity contribution in [3.8, 4) is 0 Å². The van der Waals surface area contributed by atoms with Gasteiger partial charge in [-0.15, -0.1) is 0 Å². The van der Waals surface area contributed by atoms with E-state index >= 15 is 0 Å². The summed E-state index contributed by atoms with van der Waals surface area (Å²) in [6.45, 7) is 0.431. The highest BCUT2D eigenvalue weighted by molar-refractivity contribution is 7.80. The standard InChI is InChI=1S/C14H12Cl2N2S/c15-8-13(16)17-9-14(19)18-12-7-3-5-10-4-1-2-6-11(10)12/h1-8,17H,9H2,(H,18,19)/b13-8+. The maximum absolute atomic E-state index is 5.74. The van der Waals surface area contributed by atoms with Gasteiger partial charge >= 0.3 is 0 Å². The summed E-state index contributed by atoms with van der Waals surface area (Å²) in [6, 6.07) is 14.2. The fourth-order valence-corrected chi connectivity index (χ4v) is 2.06. The van der Waals surface area contributed by atoms with Gasteiger partial charge in [0.2, 0.25) is 0 Å². The molecule has 2 aromatic carbocycles. The minimum atomic E-state index is 0.365. The molecule has 98 valence electrons. The Kier molecular flexibility index (Phi) is 5.02. The Morgan fingerprint density at radius 3 is 2.68 bits per heavy atom. The van der Waals surface area contributed by atoms with Crippen molar-refractivity contribution < 1.29 is 0 Å². The first kappa shape index (κ1) is 14.1. The summed E-state index contributed by atoms with van der Waals surface area (Å²) in [5, 5.41) is 8.76. The van der Waals surface area contributed by atoms with Crippen LogP contribution in [-0.4, -0.2) is 11.5 Å². The average molecular weight is 311 g/mol. The Hall–Kier alpha value is -1.29. The third kappa shape index (κ3) is 3.83. The van der Waals surface area contributed by atoms with Gasteiger partial charge in [-0.25, -0.2) is 0 Å². The molecule has 0 atom stereocenters. The van der Waals surface area contributed by atoms with Crippen LogP contribution in [-0.2, 0) is 0 Å². The van der Waals surface area contributed by atoms with E-state index in [0.717, 1.165) is 11.1 Å². The summed E-state index contributed by atoms with van der Waals surface area (Å²) in [7, 11) is 0. The number of hydrogen-bond donors (Lipinski definition) is 2. The molecule has 0 aliphatic rings. The quantitative estimate of drug-likeness (QED) is 0.644. The molecule has 19 heavy (non-hydrogen) atoms. The molecule has 0 aromatic heterocycles. The van der Waals surface area contributed by atoms with Gasteiger partial charge in [0.15, 0.2) is 0 Å². The summed E-state index contributed by atoms with van der Waals surface area (Å²) >= 11 is 16.5. The second-order valence-corrected chi connectivity index (χ2v) is 5.00. The molecule has 2 rings (SSSR count). The second kappa shape index (κ2) is 6.75. The van der Waals surface area contributed by atoms with Crippen LogP contribution in [0, 0.1) is 0 Å². The number of halogens is 2. The molecule has 0 saturated carbocycles. The van der Waals surface area contributed by atoms with Crippen molar-refractivity contribution >= 4 is 56.9 Å². The largest absolute Gasteiger partial charge is 0.369 e. The van der Waals surface area contributed by atoms with Crippen LogP contribution in [0.3, 0.4) is 0 Å². The van der Waals surface area contributed by atoms with Crippen LogP contribution in [0.2, 0.25) is 0 Å². The zero-order valence-electron chi connectivity index (χ0n) is 9.99. The van der Waals surface area contributed by atoms with Crippen molar-refractivity contribution in [1.82, 2.24) is 5.32 Å². The topological polar surface area (TPSA) is 24.1 Å². The Labute approximate surface area is 127 Å². The fraction of sp³-hybridized carbons (Fsp3) is 0.0714. The number of thiocarbonyl (C=S) groups is 1. The van der Waals surface area contributed by atoms with Crippen LogP contribution >= 0.6 is 35.4 Å². The average Bonchev–Trinajstić information content (AvgIpc) is 2.45. The Bertz CT molecular complexity index is 620. The van der Waals surface area contributed by atoms with Gasteiger partial charge in [-0.3, -0.25) is 0 Å². The summed E-state index contributed by atoms with van der Waals surface area (Å²) < 4.78 is 0. The lowest BCUT2D eigenvalue weighted by atomic mass is 10.1. The number of hydrogen-bond acceptors (Lipinski definition) is 2. The third-order valence-electron chi connectivity index (χ3n) is 2.58. The SMILES string of the molecule is S=C(CN/C(Cl)=C/Cl)Nc1cccc2ccccc12. The lowest BCUT2D eigenvalue weighted by Crippen LogP contribution is -2.24. The van der Waals surface area contributed by atoms with Gasteiger partial charge in [0.05, 0.1) is 11.5 Å². The van der Waals surface area contributed by atoms with Gasteiger partial charge in [0.25, 0.3) is 0 Å². The molecular formula is C14H12Cl2N2S. The molecule has 0 amide bonds. The molecule has 0 bridgehead atoms. The van der Waals surface area contributed by atoms with Gasteiger partial charge in [-0.2, -0.15) is 0 Å². The van der Waals surface area contributed by atoms with Crippen LogP contribution < -0.4 is 10.6 Å². The second-order valence-electron chi connectivity index (χ2n) is 3.89. The molecule has 0 aliphatic carbocycles. The highest BCUT2D eigenvalue weighted by Gasteiger charge is 2.02. The first-order chi connectivity index (χ1) is 9.20. The molecule has 0 unspecified atom stereocenters. The fourth-order valence-electron chi connectivity index (χ4n) is 1.73. The van der Waals surface area contributed by atoms with Crippen LogP contribution in [0.15, 0.2) is 53.2 Å². The monoisotopic (exact) mass is 310 g/mol. The van der Waals surface area contributed by atoms with E-state index in [9.17, 15) is 0 Å². The van der Waals surface area contributed by atoms with Gasteiger partial charge in [0, 0.05) is 16.6 Å². The molecule has 0 fully saturated rings. The van der Waals surface area contributed by atoms with Gasteiger partial charge in [-0.05, 0) is 11.5 Å². The number of rotatable bonds is 4. The smallest absolute Gasteiger partial charge is 0.114 e. The van der Waals surface area contributed by atoms with Gasteiger partial charge in [0.1, 0.15) is 5.16 Å². The van der Waals surface area contributed by atoms with Crippen LogP contribution in [0.1, 0.15) is 0 Å². The first-order valence-corrected chi connectivity index (χ1v) is 6.90. The predicted octanol–water partition coefficient (Wildman–Crippen LogP) is 4.45. The van der Waals surface area contributed by atoms with Gasteiger partial charge in [-0.1, -0.05) is 71.8 Å². The zero-order valence-corrected chi connectivity index (χ0v) is 12.3.